The van der Waals surface area contributed by atoms with Crippen molar-refractivity contribution in [1.82, 2.24) is 4.90 Å². The number of amides is 1. The van der Waals surface area contributed by atoms with Gasteiger partial charge in [-0.3, -0.25) is 4.79 Å². The summed E-state index contributed by atoms with van der Waals surface area (Å²) in [5.41, 5.74) is 1.82. The van der Waals surface area contributed by atoms with E-state index >= 15 is 0 Å². The smallest absolute Gasteiger partial charge is 0.222 e. The molecule has 0 spiro atoms. The summed E-state index contributed by atoms with van der Waals surface area (Å²) in [4.78, 5) is 17.7. The van der Waals surface area contributed by atoms with Gasteiger partial charge in [0.15, 0.2) is 0 Å². The van der Waals surface area contributed by atoms with Crippen LogP contribution < -0.4 is 4.90 Å². The Morgan fingerprint density at radius 1 is 0.923 bits per heavy atom. The van der Waals surface area contributed by atoms with Crippen molar-refractivity contribution in [3.05, 3.63) is 30.3 Å². The first-order chi connectivity index (χ1) is 18.7. The highest BCUT2D eigenvalue weighted by Crippen LogP contribution is 2.68. The SMILES string of the molecule is C[C@@H](CCC(=O)N1CCN(c2ccccc2)CC1)[C@@H]1CC[C@@H]2[C@H]3[C@H](O)C[C@H]4C[C@@H](O)CC[C@@]4(C)[C@@H]3CC[C@]21C. The highest BCUT2D eigenvalue weighted by atomic mass is 16.3. The zero-order valence-corrected chi connectivity index (χ0v) is 24.6. The van der Waals surface area contributed by atoms with Crippen LogP contribution in [0, 0.1) is 46.3 Å². The molecular weight excluding hydrogens is 484 g/mol. The van der Waals surface area contributed by atoms with Crippen molar-refractivity contribution in [2.45, 2.75) is 97.2 Å². The fourth-order valence-electron chi connectivity index (χ4n) is 10.7. The number of aliphatic hydroxyl groups is 2. The van der Waals surface area contributed by atoms with Crippen LogP contribution in [0.3, 0.4) is 0 Å². The molecule has 216 valence electrons. The molecule has 10 atom stereocenters. The number of aliphatic hydroxyl groups excluding tert-OH is 2. The van der Waals surface area contributed by atoms with Gasteiger partial charge in [-0.2, -0.15) is 0 Å². The highest BCUT2D eigenvalue weighted by molar-refractivity contribution is 5.76. The van der Waals surface area contributed by atoms with Crippen LogP contribution in [0.4, 0.5) is 5.69 Å². The van der Waals surface area contributed by atoms with E-state index in [1.54, 1.807) is 0 Å². The first-order valence-corrected chi connectivity index (χ1v) is 16.1. The Morgan fingerprint density at radius 3 is 2.36 bits per heavy atom. The third-order valence-electron chi connectivity index (χ3n) is 13.0. The number of hydrogen-bond donors (Lipinski definition) is 2. The number of fused-ring (bicyclic) bond motifs is 5. The van der Waals surface area contributed by atoms with Gasteiger partial charge in [0.05, 0.1) is 12.2 Å². The average molecular weight is 537 g/mol. The van der Waals surface area contributed by atoms with Crippen molar-refractivity contribution in [2.75, 3.05) is 31.1 Å². The molecule has 1 amide bonds. The second kappa shape index (κ2) is 10.7. The van der Waals surface area contributed by atoms with Crippen LogP contribution in [0.25, 0.3) is 0 Å². The minimum atomic E-state index is -0.215. The molecule has 1 saturated heterocycles. The average Bonchev–Trinajstić information content (AvgIpc) is 3.30. The fourth-order valence-corrected chi connectivity index (χ4v) is 10.7. The Hall–Kier alpha value is -1.59. The molecule has 1 aromatic rings. The van der Waals surface area contributed by atoms with E-state index in [2.05, 4.69) is 60.9 Å². The lowest BCUT2D eigenvalue weighted by Gasteiger charge is -2.62. The lowest BCUT2D eigenvalue weighted by Crippen LogP contribution is -2.58. The molecule has 0 unspecified atom stereocenters. The third-order valence-corrected chi connectivity index (χ3v) is 13.0. The van der Waals surface area contributed by atoms with E-state index in [0.717, 1.165) is 58.3 Å². The van der Waals surface area contributed by atoms with E-state index in [0.29, 0.717) is 47.8 Å². The quantitative estimate of drug-likeness (QED) is 0.504. The normalized spacial score (nSPS) is 42.8. The van der Waals surface area contributed by atoms with E-state index in [1.807, 2.05) is 0 Å². The second-order valence-corrected chi connectivity index (χ2v) is 14.7. The van der Waals surface area contributed by atoms with Crippen LogP contribution in [0.5, 0.6) is 0 Å². The van der Waals surface area contributed by atoms with Gasteiger partial charge >= 0.3 is 0 Å². The molecule has 0 aromatic heterocycles. The van der Waals surface area contributed by atoms with E-state index in [4.69, 9.17) is 0 Å². The number of benzene rings is 1. The molecule has 0 radical (unpaired) electrons. The van der Waals surface area contributed by atoms with Crippen molar-refractivity contribution in [3.8, 4) is 0 Å². The lowest BCUT2D eigenvalue weighted by atomic mass is 9.43. The summed E-state index contributed by atoms with van der Waals surface area (Å²) in [6, 6.07) is 10.5. The van der Waals surface area contributed by atoms with Gasteiger partial charge in [0.1, 0.15) is 0 Å². The molecule has 4 aliphatic carbocycles. The minimum absolute atomic E-state index is 0.173. The predicted molar refractivity (Wildman–Crippen MR) is 156 cm³/mol. The first-order valence-electron chi connectivity index (χ1n) is 16.1. The van der Waals surface area contributed by atoms with E-state index in [1.165, 1.54) is 31.4 Å². The standard InChI is InChI=1S/C34H52N2O3/c1-23(9-12-31(39)36-19-17-35(18-20-36)25-7-5-4-6-8-25)27-10-11-28-32-29(14-16-34(27,28)3)33(2)15-13-26(37)21-24(33)22-30(32)38/h4-8,23-24,26-30,32,37-38H,9-22H2,1-3H3/t23-,24+,26-,27-,28+,29+,30+,32+,33+,34-/m0/s1. The van der Waals surface area contributed by atoms with Gasteiger partial charge in [-0.15, -0.1) is 0 Å². The molecule has 39 heavy (non-hydrogen) atoms. The van der Waals surface area contributed by atoms with Crippen LogP contribution in [0.15, 0.2) is 30.3 Å². The first kappa shape index (κ1) is 27.6. The summed E-state index contributed by atoms with van der Waals surface area (Å²) in [5, 5.41) is 21.9. The molecule has 5 fully saturated rings. The van der Waals surface area contributed by atoms with Crippen molar-refractivity contribution in [3.63, 3.8) is 0 Å². The number of para-hydroxylation sites is 1. The zero-order chi connectivity index (χ0) is 27.4. The van der Waals surface area contributed by atoms with E-state index < -0.39 is 0 Å². The molecule has 5 nitrogen and oxygen atoms in total. The number of carbonyl (C=O) groups is 1. The Balaban J connectivity index is 1.05. The van der Waals surface area contributed by atoms with Crippen LogP contribution in [-0.4, -0.2) is 59.4 Å². The van der Waals surface area contributed by atoms with Gasteiger partial charge in [-0.1, -0.05) is 39.0 Å². The summed E-state index contributed by atoms with van der Waals surface area (Å²) < 4.78 is 0. The van der Waals surface area contributed by atoms with Gasteiger partial charge in [0.25, 0.3) is 0 Å². The van der Waals surface area contributed by atoms with Crippen LogP contribution in [-0.2, 0) is 4.79 Å². The van der Waals surface area contributed by atoms with Gasteiger partial charge in [-0.05, 0) is 116 Å². The largest absolute Gasteiger partial charge is 0.393 e. The summed E-state index contributed by atoms with van der Waals surface area (Å²) >= 11 is 0. The van der Waals surface area contributed by atoms with Gasteiger partial charge in [0.2, 0.25) is 5.91 Å². The number of carbonyl (C=O) groups excluding carboxylic acids is 1. The van der Waals surface area contributed by atoms with E-state index in [-0.39, 0.29) is 23.0 Å². The number of hydrogen-bond acceptors (Lipinski definition) is 4. The van der Waals surface area contributed by atoms with Crippen LogP contribution in [0.1, 0.15) is 85.0 Å². The number of rotatable bonds is 5. The maximum Gasteiger partial charge on any atom is 0.222 e. The van der Waals surface area contributed by atoms with Gasteiger partial charge in [0, 0.05) is 38.3 Å². The van der Waals surface area contributed by atoms with E-state index in [9.17, 15) is 15.0 Å². The predicted octanol–water partition coefficient (Wildman–Crippen LogP) is 5.74. The highest BCUT2D eigenvalue weighted by Gasteiger charge is 2.62. The summed E-state index contributed by atoms with van der Waals surface area (Å²) in [5.74, 6) is 3.61. The summed E-state index contributed by atoms with van der Waals surface area (Å²) in [7, 11) is 0. The molecule has 2 N–H and O–H groups in total. The molecule has 6 rings (SSSR count). The third kappa shape index (κ3) is 4.84. The molecular formula is C34H52N2O3. The zero-order valence-electron chi connectivity index (χ0n) is 24.6. The van der Waals surface area contributed by atoms with Crippen molar-refractivity contribution in [1.29, 1.82) is 0 Å². The van der Waals surface area contributed by atoms with Gasteiger partial charge < -0.3 is 20.0 Å². The summed E-state index contributed by atoms with van der Waals surface area (Å²) in [6.07, 6.45) is 10.1. The fraction of sp³-hybridized carbons (Fsp3) is 0.794. The van der Waals surface area contributed by atoms with Crippen molar-refractivity contribution in [2.24, 2.45) is 46.3 Å². The minimum Gasteiger partial charge on any atom is -0.393 e. The molecule has 1 heterocycles. The molecule has 0 bridgehead atoms. The Morgan fingerprint density at radius 2 is 1.62 bits per heavy atom. The Bertz CT molecular complexity index is 1010. The summed E-state index contributed by atoms with van der Waals surface area (Å²) in [6.45, 7) is 10.9. The maximum absolute atomic E-state index is 13.2. The monoisotopic (exact) mass is 536 g/mol. The number of nitrogens with zero attached hydrogens (tertiary/aromatic N) is 2. The molecule has 5 heteroatoms. The number of piperazine rings is 1. The Labute approximate surface area is 236 Å². The topological polar surface area (TPSA) is 64.0 Å². The van der Waals surface area contributed by atoms with Crippen LogP contribution >= 0.6 is 0 Å². The van der Waals surface area contributed by atoms with Crippen molar-refractivity contribution < 1.29 is 15.0 Å². The Kier molecular flexibility index (Phi) is 7.54. The molecule has 5 aliphatic rings. The van der Waals surface area contributed by atoms with Gasteiger partial charge in [-0.25, -0.2) is 0 Å². The molecule has 4 saturated carbocycles. The molecule has 1 aliphatic heterocycles. The number of anilines is 1. The van der Waals surface area contributed by atoms with Crippen LogP contribution in [0.2, 0.25) is 0 Å². The maximum atomic E-state index is 13.2. The molecule has 1 aromatic carbocycles. The van der Waals surface area contributed by atoms with Crippen molar-refractivity contribution >= 4 is 11.6 Å². The second-order valence-electron chi connectivity index (χ2n) is 14.7. The lowest BCUT2D eigenvalue weighted by molar-refractivity contribution is -0.174.